The molecule has 2 aromatic carbocycles. The van der Waals surface area contributed by atoms with Crippen LogP contribution in [-0.2, 0) is 4.79 Å². The van der Waals surface area contributed by atoms with Crippen molar-refractivity contribution in [3.05, 3.63) is 96.3 Å². The van der Waals surface area contributed by atoms with Gasteiger partial charge in [0.25, 0.3) is 0 Å². The van der Waals surface area contributed by atoms with Gasteiger partial charge in [0.2, 0.25) is 6.29 Å². The minimum absolute atomic E-state index is 0.351. The van der Waals surface area contributed by atoms with E-state index in [4.69, 9.17) is 24.7 Å². The molecule has 2 saturated heterocycles. The molecule has 0 unspecified atom stereocenters. The molecule has 0 spiro atoms. The van der Waals surface area contributed by atoms with Crippen molar-refractivity contribution in [1.29, 1.82) is 0 Å². The third kappa shape index (κ3) is 9.18. The van der Waals surface area contributed by atoms with Gasteiger partial charge < -0.3 is 24.3 Å². The number of alkyl halides is 3. The number of halogens is 3. The second-order valence-corrected chi connectivity index (χ2v) is 13.5. The van der Waals surface area contributed by atoms with E-state index in [0.29, 0.717) is 12.1 Å². The fourth-order valence-corrected chi connectivity index (χ4v) is 6.99. The molecule has 53 heavy (non-hydrogen) atoms. The summed E-state index contributed by atoms with van der Waals surface area (Å²) in [7, 11) is -0.380. The Hall–Kier alpha value is -4.92. The van der Waals surface area contributed by atoms with Gasteiger partial charge in [-0.1, -0.05) is 60.7 Å². The number of benzene rings is 2. The second kappa shape index (κ2) is 16.8. The zero-order valence-electron chi connectivity index (χ0n) is 30.2. The number of hydrogen-bond acceptors (Lipinski definition) is 8. The Morgan fingerprint density at radius 3 is 1.51 bits per heavy atom. The first kappa shape index (κ1) is 37.8. The second-order valence-electron chi connectivity index (χ2n) is 13.5. The van der Waals surface area contributed by atoms with Crippen molar-refractivity contribution in [2.45, 2.75) is 64.6 Å². The molecule has 14 heteroatoms. The van der Waals surface area contributed by atoms with E-state index in [-0.39, 0.29) is 7.05 Å². The van der Waals surface area contributed by atoms with Crippen molar-refractivity contribution < 1.29 is 23.0 Å². The Morgan fingerprint density at radius 2 is 1.11 bits per heavy atom. The van der Waals surface area contributed by atoms with Gasteiger partial charge in [0.1, 0.15) is 22.7 Å². The number of aryl methyl sites for hydroxylation is 2. The molecule has 0 saturated carbocycles. The lowest BCUT2D eigenvalue weighted by atomic mass is 9.82. The Balaban J connectivity index is 0.000000158. The molecule has 10 nitrogen and oxygen atoms in total. The highest BCUT2D eigenvalue weighted by molar-refractivity contribution is 6.45. The van der Waals surface area contributed by atoms with Gasteiger partial charge in [0.05, 0.1) is 0 Å². The van der Waals surface area contributed by atoms with Crippen LogP contribution in [0.1, 0.15) is 49.2 Å². The van der Waals surface area contributed by atoms with E-state index >= 15 is 0 Å². The van der Waals surface area contributed by atoms with E-state index in [0.717, 1.165) is 108 Å². The molecule has 2 aliphatic rings. The number of aromatic nitrogens is 6. The molecule has 0 bridgehead atoms. The van der Waals surface area contributed by atoms with Crippen LogP contribution < -0.4 is 5.32 Å². The summed E-state index contributed by atoms with van der Waals surface area (Å²) in [6, 6.07) is 29.8. The first-order valence-corrected chi connectivity index (χ1v) is 18.0. The lowest BCUT2D eigenvalue weighted by Gasteiger charge is -2.34. The van der Waals surface area contributed by atoms with Crippen molar-refractivity contribution in [2.24, 2.45) is 0 Å². The molecule has 0 atom stereocenters. The van der Waals surface area contributed by atoms with Gasteiger partial charge in [-0.25, -0.2) is 19.9 Å². The lowest BCUT2D eigenvalue weighted by Crippen LogP contribution is -2.43. The SMILES string of the molecule is CB(O)N1CCC(n2c(-c3ccccc3)nc3ccc(C)nc32)CC1.Cc1ccc2nc(-c3ccccc3)n(C3CCNCC3)c2n1.O=CC(F)(F)F. The van der Waals surface area contributed by atoms with Crippen molar-refractivity contribution in [3.63, 3.8) is 0 Å². The van der Waals surface area contributed by atoms with Crippen molar-refractivity contribution >= 4 is 35.7 Å². The van der Waals surface area contributed by atoms with Crippen LogP contribution in [0.3, 0.4) is 0 Å². The van der Waals surface area contributed by atoms with Crippen molar-refractivity contribution in [2.75, 3.05) is 26.2 Å². The molecular weight excluding hydrogens is 680 g/mol. The first-order chi connectivity index (χ1) is 25.5. The maximum atomic E-state index is 10.4. The monoisotopic (exact) mass is 724 g/mol. The number of imidazole rings is 2. The van der Waals surface area contributed by atoms with Crippen molar-refractivity contribution in [1.82, 2.24) is 39.2 Å². The molecule has 6 heterocycles. The predicted octanol–water partition coefficient (Wildman–Crippen LogP) is 7.23. The summed E-state index contributed by atoms with van der Waals surface area (Å²) < 4.78 is 35.9. The summed E-state index contributed by atoms with van der Waals surface area (Å²) in [5.74, 6) is 2.03. The molecule has 2 N–H and O–H groups in total. The van der Waals surface area contributed by atoms with Gasteiger partial charge in [0, 0.05) is 34.6 Å². The van der Waals surface area contributed by atoms with E-state index in [1.54, 1.807) is 0 Å². The van der Waals surface area contributed by atoms with Gasteiger partial charge in [-0.15, -0.1) is 0 Å². The first-order valence-electron chi connectivity index (χ1n) is 18.0. The quantitative estimate of drug-likeness (QED) is 0.142. The number of rotatable bonds is 5. The van der Waals surface area contributed by atoms with Gasteiger partial charge >= 0.3 is 13.2 Å². The van der Waals surface area contributed by atoms with Crippen LogP contribution in [-0.4, -0.2) is 84.6 Å². The Kier molecular flexibility index (Phi) is 12.0. The zero-order valence-corrected chi connectivity index (χ0v) is 30.2. The maximum Gasteiger partial charge on any atom is 0.446 e. The smallest absolute Gasteiger partial charge is 0.437 e. The summed E-state index contributed by atoms with van der Waals surface area (Å²) in [4.78, 5) is 30.2. The van der Waals surface area contributed by atoms with E-state index < -0.39 is 12.5 Å². The summed E-state index contributed by atoms with van der Waals surface area (Å²) in [6.07, 6.45) is -1.47. The minimum Gasteiger partial charge on any atom is -0.437 e. The third-order valence-corrected chi connectivity index (χ3v) is 9.62. The average molecular weight is 725 g/mol. The molecular formula is C39H44BF3N8O2. The number of carbonyl (C=O) groups excluding carboxylic acids is 1. The fourth-order valence-electron chi connectivity index (χ4n) is 6.99. The number of fused-ring (bicyclic) bond motifs is 2. The summed E-state index contributed by atoms with van der Waals surface area (Å²) in [6.45, 7) is 9.81. The van der Waals surface area contributed by atoms with E-state index in [2.05, 4.69) is 67.8 Å². The summed E-state index contributed by atoms with van der Waals surface area (Å²) >= 11 is 0. The highest BCUT2D eigenvalue weighted by atomic mass is 19.4. The van der Waals surface area contributed by atoms with Crippen LogP contribution in [0.4, 0.5) is 13.2 Å². The zero-order chi connectivity index (χ0) is 37.5. The van der Waals surface area contributed by atoms with Gasteiger partial charge in [-0.3, -0.25) is 4.79 Å². The number of nitrogens with zero attached hydrogens (tertiary/aromatic N) is 7. The van der Waals surface area contributed by atoms with E-state index in [1.807, 2.05) is 57.1 Å². The number of nitrogens with one attached hydrogen (secondary N) is 1. The van der Waals surface area contributed by atoms with Crippen LogP contribution >= 0.6 is 0 Å². The number of hydrogen-bond donors (Lipinski definition) is 2. The number of carbonyl (C=O) groups is 1. The molecule has 6 aromatic rings. The van der Waals surface area contributed by atoms with E-state index in [9.17, 15) is 18.2 Å². The summed E-state index contributed by atoms with van der Waals surface area (Å²) in [5, 5.41) is 13.3. The highest BCUT2D eigenvalue weighted by Crippen LogP contribution is 2.34. The molecule has 0 radical (unpaired) electrons. The number of pyridine rings is 2. The Morgan fingerprint density at radius 1 is 0.698 bits per heavy atom. The fraction of sp³-hybridized carbons (Fsp3) is 0.359. The molecule has 4 aromatic heterocycles. The van der Waals surface area contributed by atoms with Gasteiger partial charge in [-0.2, -0.15) is 13.2 Å². The molecule has 2 aliphatic heterocycles. The third-order valence-electron chi connectivity index (χ3n) is 9.62. The molecule has 276 valence electrons. The highest BCUT2D eigenvalue weighted by Gasteiger charge is 2.29. The Labute approximate surface area is 307 Å². The van der Waals surface area contributed by atoms with E-state index in [1.165, 1.54) is 0 Å². The maximum absolute atomic E-state index is 10.4. The van der Waals surface area contributed by atoms with Gasteiger partial charge in [0.15, 0.2) is 11.3 Å². The average Bonchev–Trinajstić information content (AvgIpc) is 3.74. The predicted molar refractivity (Wildman–Crippen MR) is 202 cm³/mol. The van der Waals surface area contributed by atoms with Crippen LogP contribution in [0.25, 0.3) is 45.1 Å². The van der Waals surface area contributed by atoms with Crippen molar-refractivity contribution in [3.8, 4) is 22.8 Å². The normalized spacial score (nSPS) is 15.8. The number of piperidine rings is 2. The Bertz CT molecular complexity index is 2110. The van der Waals surface area contributed by atoms with Crippen LogP contribution in [0, 0.1) is 13.8 Å². The summed E-state index contributed by atoms with van der Waals surface area (Å²) in [5.41, 5.74) is 8.26. The van der Waals surface area contributed by atoms with Crippen LogP contribution in [0.2, 0.25) is 6.82 Å². The standard InChI is InChI=1S/C19H23BN4O.C18H20N4.C2HF3O/c1-14-8-9-17-19(21-14)24(16-10-12-23(13-11-16)20(2)25)18(22-17)15-6-4-3-5-7-15;1-13-7-8-16-18(20-13)22(15-9-11-19-12-10-15)17(21-16)14-5-3-2-4-6-14;3-2(4,5)1-6/h3-9,16,25H,10-13H2,1-2H3;2-8,15,19H,9-12H2,1H3;1H. The number of aldehydes is 1. The topological polar surface area (TPSA) is 114 Å². The molecule has 8 rings (SSSR count). The molecule has 2 fully saturated rings. The van der Waals surface area contributed by atoms with Gasteiger partial charge in [-0.05, 0) is 96.8 Å². The largest absolute Gasteiger partial charge is 0.446 e. The van der Waals surface area contributed by atoms with Crippen LogP contribution in [0.15, 0.2) is 84.9 Å². The molecule has 0 aliphatic carbocycles. The minimum atomic E-state index is -4.64. The molecule has 0 amide bonds. The lowest BCUT2D eigenvalue weighted by molar-refractivity contribution is -0.156. The van der Waals surface area contributed by atoms with Crippen LogP contribution in [0.5, 0.6) is 0 Å².